The third-order valence-corrected chi connectivity index (χ3v) is 6.76. The van der Waals surface area contributed by atoms with Crippen molar-refractivity contribution in [3.8, 4) is 0 Å². The first-order valence-electron chi connectivity index (χ1n) is 11.2. The lowest BCUT2D eigenvalue weighted by Gasteiger charge is -2.40. The third kappa shape index (κ3) is 5.72. The number of carbonyl (C=O) groups excluding carboxylic acids is 3. The van der Waals surface area contributed by atoms with Crippen molar-refractivity contribution in [2.45, 2.75) is 51.1 Å². The van der Waals surface area contributed by atoms with E-state index in [2.05, 4.69) is 5.10 Å². The normalized spacial score (nSPS) is 24.7. The Labute approximate surface area is 208 Å². The van der Waals surface area contributed by atoms with Crippen molar-refractivity contribution in [3.05, 3.63) is 66.2 Å². The number of carbonyl (C=O) groups is 3. The molecule has 4 rings (SSSR count). The summed E-state index contributed by atoms with van der Waals surface area (Å²) in [5.74, 6) is -1.11. The minimum atomic E-state index is -0.875. The molecule has 2 heterocycles. The Morgan fingerprint density at radius 1 is 1.06 bits per heavy atom. The fraction of sp³-hybridized carbons (Fsp3) is 0.360. The van der Waals surface area contributed by atoms with Gasteiger partial charge in [0.05, 0.1) is 30.2 Å². The fourth-order valence-electron chi connectivity index (χ4n) is 4.09. The molecule has 2 aliphatic rings. The van der Waals surface area contributed by atoms with Crippen LogP contribution in [-0.4, -0.2) is 58.1 Å². The molecular formula is C25H27N3O6S. The summed E-state index contributed by atoms with van der Waals surface area (Å²) in [5.41, 5.74) is 1.51. The molecule has 2 aromatic carbocycles. The highest BCUT2D eigenvalue weighted by molar-refractivity contribution is 8.14. The molecule has 0 bridgehead atoms. The summed E-state index contributed by atoms with van der Waals surface area (Å²) in [7, 11) is 0. The van der Waals surface area contributed by atoms with Crippen LogP contribution in [0.15, 0.2) is 65.8 Å². The highest BCUT2D eigenvalue weighted by Gasteiger charge is 2.54. The largest absolute Gasteiger partial charge is 0.455 e. The summed E-state index contributed by atoms with van der Waals surface area (Å²) in [6.07, 6.45) is -1.75. The first-order chi connectivity index (χ1) is 16.8. The van der Waals surface area contributed by atoms with Gasteiger partial charge in [0.25, 0.3) is 0 Å². The molecule has 2 aromatic rings. The Morgan fingerprint density at radius 3 is 2.31 bits per heavy atom. The first-order valence-corrected chi connectivity index (χ1v) is 12.1. The molecule has 0 aliphatic carbocycles. The highest BCUT2D eigenvalue weighted by atomic mass is 32.2. The number of amides is 2. The maximum absolute atomic E-state index is 12.8. The minimum Gasteiger partial charge on any atom is -0.455 e. The van der Waals surface area contributed by atoms with Gasteiger partial charge in [-0.1, -0.05) is 60.3 Å². The smallest absolute Gasteiger partial charge is 0.303 e. The van der Waals surface area contributed by atoms with Gasteiger partial charge in [-0.05, 0) is 17.7 Å². The second-order valence-corrected chi connectivity index (χ2v) is 9.36. The lowest BCUT2D eigenvalue weighted by Crippen LogP contribution is -2.59. The molecule has 0 aromatic heterocycles. The van der Waals surface area contributed by atoms with Crippen LogP contribution < -0.4 is 5.01 Å². The lowest BCUT2D eigenvalue weighted by molar-refractivity contribution is -0.240. The van der Waals surface area contributed by atoms with Crippen LogP contribution >= 0.6 is 11.8 Å². The summed E-state index contributed by atoms with van der Waals surface area (Å²) in [6, 6.07) is 17.9. The molecule has 9 nitrogen and oxygen atoms in total. The number of hydrogen-bond acceptors (Lipinski definition) is 8. The standard InChI is InChI=1S/C25H27N3O6S/c1-16(29)27-22-21(35-25(27)26-28(17(2)30)20-12-8-5-9-13-20)15-33-24(23(22)34-18(3)31)32-14-19-10-6-4-7-11-19/h4-13,21-24H,14-15H2,1-3H3/b26-25-/t21-,22-,23+,24+/m1/s1. The molecule has 10 heteroatoms. The zero-order chi connectivity index (χ0) is 24.9. The summed E-state index contributed by atoms with van der Waals surface area (Å²) < 4.78 is 17.6. The van der Waals surface area contributed by atoms with Gasteiger partial charge in [0.1, 0.15) is 0 Å². The Bertz CT molecular complexity index is 1100. The molecule has 184 valence electrons. The SMILES string of the molecule is CC(=O)O[C@@H]1[C@@H](OCc2ccccc2)OC[C@H]2S/C(=N\N(C(C)=O)c3ccccc3)N(C(C)=O)[C@@H]12. The Kier molecular flexibility index (Phi) is 7.84. The van der Waals surface area contributed by atoms with Crippen LogP contribution in [0.3, 0.4) is 0 Å². The van der Waals surface area contributed by atoms with E-state index in [1.54, 1.807) is 24.3 Å². The zero-order valence-corrected chi connectivity index (χ0v) is 20.5. The van der Waals surface area contributed by atoms with Crippen molar-refractivity contribution in [3.63, 3.8) is 0 Å². The van der Waals surface area contributed by atoms with Gasteiger partial charge >= 0.3 is 5.97 Å². The van der Waals surface area contributed by atoms with Crippen LogP contribution in [0.5, 0.6) is 0 Å². The molecular weight excluding hydrogens is 470 g/mol. The number of esters is 1. The number of benzene rings is 2. The predicted molar refractivity (Wildman–Crippen MR) is 131 cm³/mol. The molecule has 35 heavy (non-hydrogen) atoms. The molecule has 0 saturated carbocycles. The van der Waals surface area contributed by atoms with Crippen molar-refractivity contribution in [1.82, 2.24) is 4.90 Å². The van der Waals surface area contributed by atoms with Crippen LogP contribution in [0, 0.1) is 0 Å². The summed E-state index contributed by atoms with van der Waals surface area (Å²) in [4.78, 5) is 38.7. The molecule has 0 radical (unpaired) electrons. The minimum absolute atomic E-state index is 0.251. The van der Waals surface area contributed by atoms with Gasteiger partial charge in [-0.25, -0.2) is 0 Å². The summed E-state index contributed by atoms with van der Waals surface area (Å²) in [6.45, 7) is 4.63. The van der Waals surface area contributed by atoms with E-state index in [4.69, 9.17) is 14.2 Å². The first kappa shape index (κ1) is 24.9. The average molecular weight is 498 g/mol. The predicted octanol–water partition coefficient (Wildman–Crippen LogP) is 3.15. The van der Waals surface area contributed by atoms with E-state index in [1.165, 1.54) is 42.4 Å². The van der Waals surface area contributed by atoms with Gasteiger partial charge in [-0.2, -0.15) is 5.01 Å². The number of amidine groups is 1. The van der Waals surface area contributed by atoms with Crippen LogP contribution in [0.4, 0.5) is 5.69 Å². The van der Waals surface area contributed by atoms with Gasteiger partial charge < -0.3 is 14.2 Å². The number of nitrogens with zero attached hydrogens (tertiary/aromatic N) is 3. The van der Waals surface area contributed by atoms with E-state index in [0.29, 0.717) is 10.9 Å². The molecule has 2 aliphatic heterocycles. The van der Waals surface area contributed by atoms with E-state index in [-0.39, 0.29) is 30.3 Å². The second-order valence-electron chi connectivity index (χ2n) is 8.16. The fourth-order valence-corrected chi connectivity index (χ4v) is 5.41. The molecule has 0 spiro atoms. The number of thioether (sulfide) groups is 1. The van der Waals surface area contributed by atoms with Gasteiger partial charge in [0.2, 0.25) is 11.8 Å². The maximum Gasteiger partial charge on any atom is 0.303 e. The number of rotatable bonds is 6. The van der Waals surface area contributed by atoms with Gasteiger partial charge in [0, 0.05) is 20.8 Å². The lowest BCUT2D eigenvalue weighted by atomic mass is 10.0. The Morgan fingerprint density at radius 2 is 1.71 bits per heavy atom. The van der Waals surface area contributed by atoms with Crippen molar-refractivity contribution >= 4 is 40.4 Å². The number of hydrazone groups is 1. The molecule has 0 unspecified atom stereocenters. The average Bonchev–Trinajstić information content (AvgIpc) is 3.21. The number of anilines is 1. The van der Waals surface area contributed by atoms with Gasteiger partial charge in [0.15, 0.2) is 17.6 Å². The van der Waals surface area contributed by atoms with Gasteiger partial charge in [-0.3, -0.25) is 19.3 Å². The summed E-state index contributed by atoms with van der Waals surface area (Å²) >= 11 is 1.31. The summed E-state index contributed by atoms with van der Waals surface area (Å²) in [5, 5.41) is 5.86. The van der Waals surface area contributed by atoms with Crippen molar-refractivity contribution < 1.29 is 28.6 Å². The van der Waals surface area contributed by atoms with Crippen LogP contribution in [0.25, 0.3) is 0 Å². The molecule has 2 amide bonds. The van der Waals surface area contributed by atoms with E-state index in [0.717, 1.165) is 5.56 Å². The highest BCUT2D eigenvalue weighted by Crippen LogP contribution is 2.40. The monoisotopic (exact) mass is 497 g/mol. The van der Waals surface area contributed by atoms with Crippen molar-refractivity contribution in [1.29, 1.82) is 0 Å². The second kappa shape index (κ2) is 11.0. The van der Waals surface area contributed by atoms with Crippen molar-refractivity contribution in [2.24, 2.45) is 5.10 Å². The third-order valence-electron chi connectivity index (χ3n) is 5.55. The van der Waals surface area contributed by atoms with E-state index in [1.807, 2.05) is 36.4 Å². The van der Waals surface area contributed by atoms with Crippen LogP contribution in [-0.2, 0) is 35.2 Å². The zero-order valence-electron chi connectivity index (χ0n) is 19.7. The van der Waals surface area contributed by atoms with Crippen LogP contribution in [0.2, 0.25) is 0 Å². The van der Waals surface area contributed by atoms with Gasteiger partial charge in [-0.15, -0.1) is 5.10 Å². The quantitative estimate of drug-likeness (QED) is 0.447. The van der Waals surface area contributed by atoms with E-state index in [9.17, 15) is 14.4 Å². The maximum atomic E-state index is 12.8. The Balaban J connectivity index is 1.64. The molecule has 2 fully saturated rings. The topological polar surface area (TPSA) is 97.7 Å². The molecule has 4 atom stereocenters. The molecule has 2 saturated heterocycles. The Hall–Kier alpha value is -3.21. The number of para-hydroxylation sites is 1. The number of fused-ring (bicyclic) bond motifs is 1. The van der Waals surface area contributed by atoms with Crippen LogP contribution in [0.1, 0.15) is 26.3 Å². The van der Waals surface area contributed by atoms with E-state index >= 15 is 0 Å². The number of ether oxygens (including phenoxy) is 3. The van der Waals surface area contributed by atoms with Crippen molar-refractivity contribution in [2.75, 3.05) is 11.6 Å². The number of hydrogen-bond donors (Lipinski definition) is 0. The molecule has 0 N–H and O–H groups in total. The van der Waals surface area contributed by atoms with E-state index < -0.39 is 24.4 Å².